The van der Waals surface area contributed by atoms with Crippen molar-refractivity contribution in [3.05, 3.63) is 35.4 Å². The van der Waals surface area contributed by atoms with E-state index in [0.29, 0.717) is 5.41 Å². The molecule has 1 aromatic carbocycles. The second-order valence-electron chi connectivity index (χ2n) is 8.32. The highest BCUT2D eigenvalue weighted by Crippen LogP contribution is 2.40. The topological polar surface area (TPSA) is 12.0 Å². The summed E-state index contributed by atoms with van der Waals surface area (Å²) < 4.78 is 0. The molecule has 3 rings (SSSR count). The van der Waals surface area contributed by atoms with Crippen molar-refractivity contribution in [2.75, 3.05) is 6.54 Å². The van der Waals surface area contributed by atoms with Crippen LogP contribution < -0.4 is 5.32 Å². The predicted molar refractivity (Wildman–Crippen MR) is 90.5 cm³/mol. The van der Waals surface area contributed by atoms with Crippen LogP contribution in [0.15, 0.2) is 24.3 Å². The van der Waals surface area contributed by atoms with Gasteiger partial charge in [0.2, 0.25) is 0 Å². The van der Waals surface area contributed by atoms with Gasteiger partial charge in [0.05, 0.1) is 0 Å². The van der Waals surface area contributed by atoms with Crippen LogP contribution in [0.5, 0.6) is 0 Å². The van der Waals surface area contributed by atoms with E-state index in [-0.39, 0.29) is 0 Å². The molecule has 0 saturated heterocycles. The van der Waals surface area contributed by atoms with Gasteiger partial charge in [-0.15, -0.1) is 0 Å². The van der Waals surface area contributed by atoms with Gasteiger partial charge in [0.25, 0.3) is 0 Å². The van der Waals surface area contributed by atoms with E-state index in [4.69, 9.17) is 0 Å². The molecule has 0 amide bonds. The molecule has 0 heterocycles. The van der Waals surface area contributed by atoms with Crippen LogP contribution in [0.2, 0.25) is 0 Å². The number of rotatable bonds is 4. The number of nitrogens with one attached hydrogen (secondary N) is 1. The fraction of sp³-hybridized carbons (Fsp3) is 0.700. The van der Waals surface area contributed by atoms with Gasteiger partial charge < -0.3 is 5.32 Å². The van der Waals surface area contributed by atoms with Gasteiger partial charge in [0.15, 0.2) is 0 Å². The first kappa shape index (κ1) is 15.1. The van der Waals surface area contributed by atoms with E-state index < -0.39 is 0 Å². The van der Waals surface area contributed by atoms with Crippen LogP contribution in [0.25, 0.3) is 0 Å². The molecule has 21 heavy (non-hydrogen) atoms. The first-order chi connectivity index (χ1) is 9.97. The minimum atomic E-state index is 0.387. The Balaban J connectivity index is 1.71. The van der Waals surface area contributed by atoms with Gasteiger partial charge in [-0.2, -0.15) is 0 Å². The molecule has 1 nitrogen and oxygen atoms in total. The molecule has 0 spiro atoms. The minimum absolute atomic E-state index is 0.387. The second-order valence-corrected chi connectivity index (χ2v) is 8.32. The molecule has 1 heteroatoms. The first-order valence-electron chi connectivity index (χ1n) is 8.77. The highest BCUT2D eigenvalue weighted by atomic mass is 14.9. The summed E-state index contributed by atoms with van der Waals surface area (Å²) >= 11 is 0. The number of fused-ring (bicyclic) bond motifs is 3. The molecule has 0 aromatic heterocycles. The third-order valence-corrected chi connectivity index (χ3v) is 6.36. The van der Waals surface area contributed by atoms with Crippen molar-refractivity contribution in [1.29, 1.82) is 0 Å². The van der Waals surface area contributed by atoms with Crippen LogP contribution in [0.4, 0.5) is 0 Å². The van der Waals surface area contributed by atoms with E-state index in [1.807, 2.05) is 0 Å². The number of hydrogen-bond acceptors (Lipinski definition) is 1. The SMILES string of the molecule is CC(C)C(C)(C)CNC1C2CCC1Cc1ccccc1C2. The van der Waals surface area contributed by atoms with Crippen LogP contribution in [0.3, 0.4) is 0 Å². The van der Waals surface area contributed by atoms with Crippen molar-refractivity contribution >= 4 is 0 Å². The zero-order valence-corrected chi connectivity index (χ0v) is 14.2. The molecule has 1 fully saturated rings. The summed E-state index contributed by atoms with van der Waals surface area (Å²) in [4.78, 5) is 0. The monoisotopic (exact) mass is 285 g/mol. The molecule has 1 aromatic rings. The fourth-order valence-corrected chi connectivity index (χ4v) is 4.07. The van der Waals surface area contributed by atoms with E-state index in [2.05, 4.69) is 57.3 Å². The van der Waals surface area contributed by atoms with E-state index in [9.17, 15) is 0 Å². The van der Waals surface area contributed by atoms with Gasteiger partial charge >= 0.3 is 0 Å². The Morgan fingerprint density at radius 2 is 1.57 bits per heavy atom. The lowest BCUT2D eigenvalue weighted by Gasteiger charge is -2.33. The van der Waals surface area contributed by atoms with Crippen molar-refractivity contribution in [1.82, 2.24) is 5.32 Å². The molecule has 0 aliphatic heterocycles. The lowest BCUT2D eigenvalue weighted by molar-refractivity contribution is 0.208. The maximum absolute atomic E-state index is 3.98. The summed E-state index contributed by atoms with van der Waals surface area (Å²) in [6.45, 7) is 10.6. The van der Waals surface area contributed by atoms with Crippen molar-refractivity contribution in [2.45, 2.75) is 59.4 Å². The van der Waals surface area contributed by atoms with E-state index >= 15 is 0 Å². The third kappa shape index (κ3) is 3.04. The van der Waals surface area contributed by atoms with Gasteiger partial charge in [0.1, 0.15) is 0 Å². The van der Waals surface area contributed by atoms with Crippen molar-refractivity contribution < 1.29 is 0 Å². The zero-order chi connectivity index (χ0) is 15.0. The summed E-state index contributed by atoms with van der Waals surface area (Å²) in [5.41, 5.74) is 3.61. The zero-order valence-electron chi connectivity index (χ0n) is 14.2. The molecule has 2 aliphatic carbocycles. The summed E-state index contributed by atoms with van der Waals surface area (Å²) in [6, 6.07) is 9.86. The van der Waals surface area contributed by atoms with Crippen LogP contribution in [0, 0.1) is 23.2 Å². The molecule has 116 valence electrons. The van der Waals surface area contributed by atoms with Gasteiger partial charge in [-0.05, 0) is 60.0 Å². The molecule has 1 saturated carbocycles. The maximum Gasteiger partial charge on any atom is 0.0130 e. The van der Waals surface area contributed by atoms with E-state index in [1.165, 1.54) is 25.7 Å². The van der Waals surface area contributed by atoms with Crippen LogP contribution in [-0.4, -0.2) is 12.6 Å². The summed E-state index contributed by atoms with van der Waals surface area (Å²) in [5.74, 6) is 2.42. The third-order valence-electron chi connectivity index (χ3n) is 6.36. The second kappa shape index (κ2) is 5.76. The lowest BCUT2D eigenvalue weighted by Crippen LogP contribution is -2.44. The molecular weight excluding hydrogens is 254 g/mol. The van der Waals surface area contributed by atoms with Crippen LogP contribution in [0.1, 0.15) is 51.7 Å². The molecule has 2 bridgehead atoms. The Labute approximate surface area is 130 Å². The highest BCUT2D eigenvalue weighted by Gasteiger charge is 2.39. The standard InChI is InChI=1S/C20H31N/c1-14(2)20(3,4)13-21-19-17-9-10-18(19)12-16-8-6-5-7-15(16)11-17/h5-8,14,17-19,21H,9-13H2,1-4H3. The van der Waals surface area contributed by atoms with Gasteiger partial charge in [-0.25, -0.2) is 0 Å². The Kier molecular flexibility index (Phi) is 4.14. The Morgan fingerprint density at radius 1 is 1.05 bits per heavy atom. The molecular formula is C20H31N. The van der Waals surface area contributed by atoms with Crippen molar-refractivity contribution in [2.24, 2.45) is 23.2 Å². The summed E-state index contributed by atoms with van der Waals surface area (Å²) in [5, 5.41) is 3.98. The normalized spacial score (nSPS) is 28.5. The Morgan fingerprint density at radius 3 is 2.05 bits per heavy atom. The highest BCUT2D eigenvalue weighted by molar-refractivity contribution is 5.30. The number of benzene rings is 1. The average Bonchev–Trinajstić information content (AvgIpc) is 2.71. The van der Waals surface area contributed by atoms with Gasteiger partial charge in [-0.1, -0.05) is 52.0 Å². The van der Waals surface area contributed by atoms with Crippen molar-refractivity contribution in [3.63, 3.8) is 0 Å². The Bertz CT molecular complexity index is 455. The van der Waals surface area contributed by atoms with E-state index in [0.717, 1.165) is 30.3 Å². The molecule has 2 unspecified atom stereocenters. The molecule has 0 radical (unpaired) electrons. The fourth-order valence-electron chi connectivity index (χ4n) is 4.07. The van der Waals surface area contributed by atoms with Gasteiger partial charge in [0, 0.05) is 12.6 Å². The molecule has 2 atom stereocenters. The number of hydrogen-bond donors (Lipinski definition) is 1. The van der Waals surface area contributed by atoms with Gasteiger partial charge in [-0.3, -0.25) is 0 Å². The smallest absolute Gasteiger partial charge is 0.0130 e. The van der Waals surface area contributed by atoms with Crippen LogP contribution >= 0.6 is 0 Å². The molecule has 2 aliphatic rings. The summed E-state index contributed by atoms with van der Waals surface area (Å²) in [7, 11) is 0. The lowest BCUT2D eigenvalue weighted by atomic mass is 9.80. The minimum Gasteiger partial charge on any atom is -0.313 e. The quantitative estimate of drug-likeness (QED) is 0.861. The Hall–Kier alpha value is -0.820. The first-order valence-corrected chi connectivity index (χ1v) is 8.77. The van der Waals surface area contributed by atoms with E-state index in [1.54, 1.807) is 11.1 Å². The average molecular weight is 285 g/mol. The maximum atomic E-state index is 3.98. The molecule has 1 N–H and O–H groups in total. The summed E-state index contributed by atoms with van der Waals surface area (Å²) in [6.07, 6.45) is 5.40. The van der Waals surface area contributed by atoms with Crippen LogP contribution in [-0.2, 0) is 12.8 Å². The predicted octanol–water partition coefficient (Wildman–Crippen LogP) is 4.45. The largest absolute Gasteiger partial charge is 0.313 e. The van der Waals surface area contributed by atoms with Crippen molar-refractivity contribution in [3.8, 4) is 0 Å².